The summed E-state index contributed by atoms with van der Waals surface area (Å²) >= 11 is 0. The van der Waals surface area contributed by atoms with Crippen LogP contribution in [0.15, 0.2) is 54.2 Å². The number of hydrogen-bond acceptors (Lipinski definition) is 5. The van der Waals surface area contributed by atoms with Crippen molar-refractivity contribution in [3.63, 3.8) is 0 Å². The number of carbonyl (C=O) groups excluding carboxylic acids is 2. The summed E-state index contributed by atoms with van der Waals surface area (Å²) in [5.41, 5.74) is 0.603. The number of ether oxygens (including phenoxy) is 1. The number of non-ortho nitro benzene ring substituents is 1. The highest BCUT2D eigenvalue weighted by atomic mass is 16.6. The van der Waals surface area contributed by atoms with Gasteiger partial charge in [-0.3, -0.25) is 14.9 Å². The second kappa shape index (κ2) is 6.44. The number of nitrogens with zero attached hydrogens (tertiary/aromatic N) is 2. The molecule has 126 valence electrons. The van der Waals surface area contributed by atoms with E-state index in [1.165, 1.54) is 31.4 Å². The van der Waals surface area contributed by atoms with Gasteiger partial charge in [0.15, 0.2) is 0 Å². The Labute approximate surface area is 142 Å². The molecule has 0 bridgehead atoms. The van der Waals surface area contributed by atoms with Gasteiger partial charge < -0.3 is 10.1 Å². The SMILES string of the molecule is COc1ccc([N+](=O)[O-])cc1/C=C1/NC(=O)N(c2ccccc2)C1=O. The van der Waals surface area contributed by atoms with E-state index in [4.69, 9.17) is 4.74 Å². The number of carbonyl (C=O) groups is 2. The number of imide groups is 1. The van der Waals surface area contributed by atoms with Crippen molar-refractivity contribution in [2.24, 2.45) is 0 Å². The van der Waals surface area contributed by atoms with E-state index < -0.39 is 16.9 Å². The van der Waals surface area contributed by atoms with Crippen molar-refractivity contribution in [3.8, 4) is 5.75 Å². The van der Waals surface area contributed by atoms with Gasteiger partial charge in [0.1, 0.15) is 11.4 Å². The van der Waals surface area contributed by atoms with Crippen LogP contribution in [0.25, 0.3) is 6.08 Å². The zero-order valence-electron chi connectivity index (χ0n) is 13.1. The molecule has 0 atom stereocenters. The maximum absolute atomic E-state index is 12.5. The largest absolute Gasteiger partial charge is 0.496 e. The van der Waals surface area contributed by atoms with Gasteiger partial charge in [0, 0.05) is 17.7 Å². The normalized spacial score (nSPS) is 15.4. The van der Waals surface area contributed by atoms with Crippen LogP contribution in [0.4, 0.5) is 16.2 Å². The number of methoxy groups -OCH3 is 1. The lowest BCUT2D eigenvalue weighted by Gasteiger charge is -2.11. The Morgan fingerprint density at radius 1 is 1.16 bits per heavy atom. The molecule has 8 heteroatoms. The van der Waals surface area contributed by atoms with Crippen molar-refractivity contribution in [1.29, 1.82) is 0 Å². The van der Waals surface area contributed by atoms with Crippen molar-refractivity contribution in [1.82, 2.24) is 5.32 Å². The monoisotopic (exact) mass is 339 g/mol. The first kappa shape index (κ1) is 16.2. The van der Waals surface area contributed by atoms with Crippen LogP contribution >= 0.6 is 0 Å². The minimum Gasteiger partial charge on any atom is -0.496 e. The third kappa shape index (κ3) is 3.05. The highest BCUT2D eigenvalue weighted by Gasteiger charge is 2.35. The number of hydrogen-bond donors (Lipinski definition) is 1. The number of anilines is 1. The summed E-state index contributed by atoms with van der Waals surface area (Å²) in [6, 6.07) is 11.9. The Hall–Kier alpha value is -3.68. The fraction of sp³-hybridized carbons (Fsp3) is 0.0588. The van der Waals surface area contributed by atoms with Gasteiger partial charge in [-0.25, -0.2) is 9.69 Å². The number of para-hydroxylation sites is 1. The highest BCUT2D eigenvalue weighted by Crippen LogP contribution is 2.28. The maximum Gasteiger partial charge on any atom is 0.333 e. The second-order valence-corrected chi connectivity index (χ2v) is 5.15. The van der Waals surface area contributed by atoms with Gasteiger partial charge in [-0.15, -0.1) is 0 Å². The van der Waals surface area contributed by atoms with Gasteiger partial charge >= 0.3 is 6.03 Å². The lowest BCUT2D eigenvalue weighted by Crippen LogP contribution is -2.30. The van der Waals surface area contributed by atoms with E-state index in [1.54, 1.807) is 30.3 Å². The predicted molar refractivity (Wildman–Crippen MR) is 90.1 cm³/mol. The zero-order chi connectivity index (χ0) is 18.0. The van der Waals surface area contributed by atoms with Crippen molar-refractivity contribution in [2.75, 3.05) is 12.0 Å². The summed E-state index contributed by atoms with van der Waals surface area (Å²) < 4.78 is 5.16. The standard InChI is InChI=1S/C17H13N3O5/c1-25-15-8-7-13(20(23)24)9-11(15)10-14-16(21)19(17(22)18-14)12-5-3-2-4-6-12/h2-10H,1H3,(H,18,22)/b14-10+. The predicted octanol–water partition coefficient (Wildman–Crippen LogP) is 2.70. The van der Waals surface area contributed by atoms with Crippen LogP contribution in [-0.2, 0) is 4.79 Å². The number of nitro groups is 1. The Balaban J connectivity index is 2.00. The summed E-state index contributed by atoms with van der Waals surface area (Å²) in [7, 11) is 1.41. The Bertz CT molecular complexity index is 892. The van der Waals surface area contributed by atoms with E-state index in [-0.39, 0.29) is 11.4 Å². The molecular weight excluding hydrogens is 326 g/mol. The van der Waals surface area contributed by atoms with E-state index >= 15 is 0 Å². The second-order valence-electron chi connectivity index (χ2n) is 5.15. The molecule has 1 aliphatic heterocycles. The molecule has 8 nitrogen and oxygen atoms in total. The van der Waals surface area contributed by atoms with Crippen LogP contribution in [0, 0.1) is 10.1 Å². The molecule has 0 radical (unpaired) electrons. The molecule has 0 unspecified atom stereocenters. The third-order valence-corrected chi connectivity index (χ3v) is 3.62. The Morgan fingerprint density at radius 2 is 1.88 bits per heavy atom. The van der Waals surface area contributed by atoms with Gasteiger partial charge in [0.25, 0.3) is 11.6 Å². The molecular formula is C17H13N3O5. The first-order valence-electron chi connectivity index (χ1n) is 7.26. The third-order valence-electron chi connectivity index (χ3n) is 3.62. The molecule has 1 saturated heterocycles. The number of rotatable bonds is 4. The topological polar surface area (TPSA) is 102 Å². The Kier molecular flexibility index (Phi) is 4.17. The highest BCUT2D eigenvalue weighted by molar-refractivity contribution is 6.28. The molecule has 0 aromatic heterocycles. The van der Waals surface area contributed by atoms with Gasteiger partial charge in [0.2, 0.25) is 0 Å². The molecule has 0 aliphatic carbocycles. The number of benzene rings is 2. The van der Waals surface area contributed by atoms with Gasteiger partial charge in [-0.2, -0.15) is 0 Å². The summed E-state index contributed by atoms with van der Waals surface area (Å²) in [6.07, 6.45) is 1.36. The summed E-state index contributed by atoms with van der Waals surface area (Å²) in [5.74, 6) is -0.205. The summed E-state index contributed by atoms with van der Waals surface area (Å²) in [6.45, 7) is 0. The zero-order valence-corrected chi connectivity index (χ0v) is 13.1. The molecule has 1 aliphatic rings. The van der Waals surface area contributed by atoms with Crippen molar-refractivity contribution in [2.45, 2.75) is 0 Å². The molecule has 25 heavy (non-hydrogen) atoms. The van der Waals surface area contributed by atoms with Crippen LogP contribution in [0.1, 0.15) is 5.56 Å². The average Bonchev–Trinajstić information content (AvgIpc) is 2.89. The van der Waals surface area contributed by atoms with E-state index in [0.717, 1.165) is 4.90 Å². The molecule has 0 spiro atoms. The molecule has 3 rings (SSSR count). The van der Waals surface area contributed by atoms with Gasteiger partial charge in [-0.1, -0.05) is 18.2 Å². The van der Waals surface area contributed by atoms with Gasteiger partial charge in [0.05, 0.1) is 17.7 Å². The summed E-state index contributed by atoms with van der Waals surface area (Å²) in [5, 5.41) is 13.4. The fourth-order valence-corrected chi connectivity index (χ4v) is 2.45. The molecule has 2 aromatic rings. The van der Waals surface area contributed by atoms with Crippen molar-refractivity contribution in [3.05, 3.63) is 69.9 Å². The lowest BCUT2D eigenvalue weighted by atomic mass is 10.1. The van der Waals surface area contributed by atoms with Gasteiger partial charge in [-0.05, 0) is 24.3 Å². The lowest BCUT2D eigenvalue weighted by molar-refractivity contribution is -0.384. The van der Waals surface area contributed by atoms with Crippen molar-refractivity contribution < 1.29 is 19.2 Å². The van der Waals surface area contributed by atoms with Crippen LogP contribution in [0.3, 0.4) is 0 Å². The quantitative estimate of drug-likeness (QED) is 0.399. The summed E-state index contributed by atoms with van der Waals surface area (Å²) in [4.78, 5) is 36.1. The first-order chi connectivity index (χ1) is 12.0. The minimum atomic E-state index is -0.591. The van der Waals surface area contributed by atoms with Crippen molar-refractivity contribution >= 4 is 29.4 Å². The number of nitro benzene ring substituents is 1. The molecule has 1 heterocycles. The van der Waals surface area contributed by atoms with Crippen LogP contribution < -0.4 is 15.0 Å². The van der Waals surface area contributed by atoms with Crippen LogP contribution in [0.5, 0.6) is 5.75 Å². The fourth-order valence-electron chi connectivity index (χ4n) is 2.45. The van der Waals surface area contributed by atoms with E-state index in [0.29, 0.717) is 17.0 Å². The van der Waals surface area contributed by atoms with E-state index in [9.17, 15) is 19.7 Å². The number of nitrogens with one attached hydrogen (secondary N) is 1. The first-order valence-corrected chi connectivity index (χ1v) is 7.26. The molecule has 0 saturated carbocycles. The molecule has 1 fully saturated rings. The number of urea groups is 1. The minimum absolute atomic E-state index is 0.00708. The molecule has 1 N–H and O–H groups in total. The Morgan fingerprint density at radius 3 is 2.52 bits per heavy atom. The molecule has 3 amide bonds. The number of amides is 3. The molecule has 2 aromatic carbocycles. The van der Waals surface area contributed by atoms with Crippen LogP contribution in [-0.4, -0.2) is 24.0 Å². The van der Waals surface area contributed by atoms with E-state index in [2.05, 4.69) is 5.32 Å². The average molecular weight is 339 g/mol. The van der Waals surface area contributed by atoms with Crippen LogP contribution in [0.2, 0.25) is 0 Å². The smallest absolute Gasteiger partial charge is 0.333 e. The maximum atomic E-state index is 12.5. The van der Waals surface area contributed by atoms with E-state index in [1.807, 2.05) is 0 Å².